The summed E-state index contributed by atoms with van der Waals surface area (Å²) >= 11 is 0. The van der Waals surface area contributed by atoms with Crippen molar-refractivity contribution in [1.82, 2.24) is 4.72 Å². The highest BCUT2D eigenvalue weighted by Gasteiger charge is 2.45. The fraction of sp³-hybridized carbons (Fsp3) is 0.167. The summed E-state index contributed by atoms with van der Waals surface area (Å²) in [4.78, 5) is 13.0. The maximum absolute atomic E-state index is 12.8. The Kier molecular flexibility index (Phi) is 6.17. The highest BCUT2D eigenvalue weighted by atomic mass is 32.2. The predicted molar refractivity (Wildman–Crippen MR) is 128 cm³/mol. The molecule has 2 atom stereocenters. The maximum Gasteiger partial charge on any atom is 0.240 e. The number of nitrogens with one attached hydrogen (secondary N) is 2. The van der Waals surface area contributed by atoms with E-state index in [9.17, 15) is 13.2 Å². The minimum atomic E-state index is -3.61. The number of anilines is 2. The molecule has 1 fully saturated rings. The first-order valence-corrected chi connectivity index (χ1v) is 11.8. The minimum absolute atomic E-state index is 0.000555. The minimum Gasteiger partial charge on any atom is -0.411 e. The van der Waals surface area contributed by atoms with E-state index < -0.39 is 10.0 Å². The normalized spacial score (nSPS) is 17.7. The molecule has 5 N–H and O–H groups in total. The second-order valence-corrected chi connectivity index (χ2v) is 9.67. The summed E-state index contributed by atoms with van der Waals surface area (Å²) in [5, 5.41) is 14.9. The van der Waals surface area contributed by atoms with Gasteiger partial charge in [-0.3, -0.25) is 4.79 Å². The number of oxime groups is 1. The first-order chi connectivity index (χ1) is 15.9. The first-order valence-electron chi connectivity index (χ1n) is 10.4. The molecular formula is C24H24N4O4S. The average molecular weight is 465 g/mol. The Labute approximate surface area is 192 Å². The summed E-state index contributed by atoms with van der Waals surface area (Å²) in [6.45, 7) is 0. The third-order valence-corrected chi connectivity index (χ3v) is 7.27. The van der Waals surface area contributed by atoms with Crippen LogP contribution in [0, 0.1) is 5.92 Å². The van der Waals surface area contributed by atoms with Crippen molar-refractivity contribution >= 4 is 33.5 Å². The van der Waals surface area contributed by atoms with Crippen LogP contribution in [0.4, 0.5) is 11.4 Å². The van der Waals surface area contributed by atoms with Crippen LogP contribution >= 0.6 is 0 Å². The van der Waals surface area contributed by atoms with Gasteiger partial charge in [-0.2, -0.15) is 0 Å². The lowest BCUT2D eigenvalue weighted by Gasteiger charge is -2.11. The molecule has 0 bridgehead atoms. The second kappa shape index (κ2) is 9.05. The Morgan fingerprint density at radius 2 is 1.82 bits per heavy atom. The van der Waals surface area contributed by atoms with Crippen LogP contribution in [-0.4, -0.2) is 32.8 Å². The van der Waals surface area contributed by atoms with Gasteiger partial charge in [0.15, 0.2) is 0 Å². The van der Waals surface area contributed by atoms with Crippen LogP contribution in [-0.2, 0) is 14.8 Å². The van der Waals surface area contributed by atoms with Gasteiger partial charge in [0.25, 0.3) is 0 Å². The van der Waals surface area contributed by atoms with Crippen molar-refractivity contribution in [3.05, 3.63) is 77.9 Å². The van der Waals surface area contributed by atoms with Gasteiger partial charge in [0.1, 0.15) is 0 Å². The summed E-state index contributed by atoms with van der Waals surface area (Å²) in [6.07, 6.45) is 1.97. The molecule has 8 nitrogen and oxygen atoms in total. The van der Waals surface area contributed by atoms with E-state index in [0.29, 0.717) is 28.9 Å². The van der Waals surface area contributed by atoms with Gasteiger partial charge in [-0.05, 0) is 54.8 Å². The maximum atomic E-state index is 12.8. The van der Waals surface area contributed by atoms with Crippen LogP contribution < -0.4 is 15.8 Å². The first kappa shape index (κ1) is 22.5. The number of rotatable bonds is 7. The Morgan fingerprint density at radius 3 is 2.52 bits per heavy atom. The molecule has 0 saturated heterocycles. The Hall–Kier alpha value is -3.69. The zero-order valence-corrected chi connectivity index (χ0v) is 18.7. The zero-order valence-electron chi connectivity index (χ0n) is 17.9. The molecule has 0 aromatic heterocycles. The topological polar surface area (TPSA) is 134 Å². The number of hydrogen-bond acceptors (Lipinski definition) is 6. The summed E-state index contributed by atoms with van der Waals surface area (Å²) in [5.41, 5.74) is 9.90. The Morgan fingerprint density at radius 1 is 1.09 bits per heavy atom. The molecule has 0 aliphatic heterocycles. The number of nitrogen functional groups attached to an aromatic ring is 1. The van der Waals surface area contributed by atoms with Crippen LogP contribution in [0.3, 0.4) is 0 Å². The Balaban J connectivity index is 1.49. The van der Waals surface area contributed by atoms with Gasteiger partial charge in [0.2, 0.25) is 15.9 Å². The number of nitrogens with two attached hydrogens (primary N) is 1. The van der Waals surface area contributed by atoms with Gasteiger partial charge < -0.3 is 16.3 Å². The summed E-state index contributed by atoms with van der Waals surface area (Å²) < 4.78 is 27.0. The molecule has 3 aromatic carbocycles. The summed E-state index contributed by atoms with van der Waals surface area (Å²) in [6, 6.07) is 19.2. The van der Waals surface area contributed by atoms with E-state index in [1.807, 2.05) is 12.1 Å². The number of carbonyl (C=O) groups excluding carboxylic acids is 1. The van der Waals surface area contributed by atoms with E-state index in [2.05, 4.69) is 15.2 Å². The molecule has 0 heterocycles. The average Bonchev–Trinajstić information content (AvgIpc) is 3.62. The van der Waals surface area contributed by atoms with Gasteiger partial charge in [-0.15, -0.1) is 0 Å². The SMILES string of the molecule is CNS(=O)(=O)c1ccccc1-c1ccc(NC(=O)[C@@H]2C[C@@H]2c2cccc(N)c2C=NO)cc1. The van der Waals surface area contributed by atoms with E-state index in [1.54, 1.807) is 54.6 Å². The number of benzene rings is 3. The van der Waals surface area contributed by atoms with E-state index in [4.69, 9.17) is 10.9 Å². The lowest BCUT2D eigenvalue weighted by atomic mass is 10.0. The number of nitrogens with zero attached hydrogens (tertiary/aromatic N) is 1. The zero-order chi connectivity index (χ0) is 23.6. The molecule has 1 aliphatic carbocycles. The van der Waals surface area contributed by atoms with E-state index in [-0.39, 0.29) is 22.6 Å². The van der Waals surface area contributed by atoms with Gasteiger partial charge in [-0.1, -0.05) is 47.6 Å². The Bertz CT molecular complexity index is 1320. The summed E-state index contributed by atoms with van der Waals surface area (Å²) in [7, 11) is -2.23. The van der Waals surface area contributed by atoms with E-state index in [0.717, 1.165) is 11.1 Å². The number of carbonyl (C=O) groups is 1. The van der Waals surface area contributed by atoms with Crippen molar-refractivity contribution in [3.8, 4) is 11.1 Å². The monoisotopic (exact) mass is 464 g/mol. The van der Waals surface area contributed by atoms with Crippen molar-refractivity contribution in [3.63, 3.8) is 0 Å². The van der Waals surface area contributed by atoms with Crippen molar-refractivity contribution < 1.29 is 18.4 Å². The van der Waals surface area contributed by atoms with Crippen LogP contribution in [0.15, 0.2) is 76.8 Å². The largest absolute Gasteiger partial charge is 0.411 e. The fourth-order valence-corrected chi connectivity index (χ4v) is 4.93. The molecule has 3 aromatic rings. The highest BCUT2D eigenvalue weighted by Crippen LogP contribution is 2.49. The smallest absolute Gasteiger partial charge is 0.240 e. The van der Waals surface area contributed by atoms with Gasteiger partial charge in [0.05, 0.1) is 11.1 Å². The van der Waals surface area contributed by atoms with Crippen molar-refractivity contribution in [2.75, 3.05) is 18.1 Å². The van der Waals surface area contributed by atoms with Crippen molar-refractivity contribution in [2.24, 2.45) is 11.1 Å². The molecule has 1 saturated carbocycles. The van der Waals surface area contributed by atoms with E-state index in [1.165, 1.54) is 13.3 Å². The third-order valence-electron chi connectivity index (χ3n) is 5.80. The van der Waals surface area contributed by atoms with Crippen LogP contribution in [0.25, 0.3) is 11.1 Å². The predicted octanol–water partition coefficient (Wildman–Crippen LogP) is 3.39. The lowest BCUT2D eigenvalue weighted by Crippen LogP contribution is -2.19. The number of sulfonamides is 1. The molecule has 1 amide bonds. The highest BCUT2D eigenvalue weighted by molar-refractivity contribution is 7.89. The van der Waals surface area contributed by atoms with Crippen molar-refractivity contribution in [2.45, 2.75) is 17.2 Å². The molecule has 9 heteroatoms. The van der Waals surface area contributed by atoms with Crippen molar-refractivity contribution in [1.29, 1.82) is 0 Å². The molecule has 0 spiro atoms. The van der Waals surface area contributed by atoms with Crippen LogP contribution in [0.1, 0.15) is 23.5 Å². The molecule has 33 heavy (non-hydrogen) atoms. The second-order valence-electron chi connectivity index (χ2n) is 7.81. The molecule has 170 valence electrons. The third kappa shape index (κ3) is 4.59. The van der Waals surface area contributed by atoms with Crippen LogP contribution in [0.5, 0.6) is 0 Å². The number of hydrogen-bond donors (Lipinski definition) is 4. The molecule has 1 aliphatic rings. The van der Waals surface area contributed by atoms with Gasteiger partial charge in [0, 0.05) is 28.4 Å². The van der Waals surface area contributed by atoms with Crippen LogP contribution in [0.2, 0.25) is 0 Å². The number of amides is 1. The van der Waals surface area contributed by atoms with E-state index >= 15 is 0 Å². The van der Waals surface area contributed by atoms with Gasteiger partial charge >= 0.3 is 0 Å². The van der Waals surface area contributed by atoms with Gasteiger partial charge in [-0.25, -0.2) is 13.1 Å². The molecular weight excluding hydrogens is 440 g/mol. The molecule has 0 radical (unpaired) electrons. The molecule has 0 unspecified atom stereocenters. The molecule has 4 rings (SSSR count). The fourth-order valence-electron chi connectivity index (χ4n) is 3.98. The summed E-state index contributed by atoms with van der Waals surface area (Å²) in [5.74, 6) is -0.321. The standard InChI is InChI=1S/C24H24N4O4S/c1-26-33(31,32)23-8-3-2-5-17(23)15-9-11-16(12-10-15)28-24(29)20-13-19(20)18-6-4-7-22(25)21(18)14-27-30/h2-12,14,19-20,26,30H,13,25H2,1H3,(H,28,29)/t19-,20-/m1/s1. The quantitative estimate of drug-likeness (QED) is 0.184. The lowest BCUT2D eigenvalue weighted by molar-refractivity contribution is -0.117.